The molecule has 86 valence electrons. The first-order valence-corrected chi connectivity index (χ1v) is 5.82. The lowest BCUT2D eigenvalue weighted by Gasteiger charge is -2.12. The van der Waals surface area contributed by atoms with E-state index in [4.69, 9.17) is 11.6 Å². The number of nitrogens with one attached hydrogen (secondary N) is 2. The van der Waals surface area contributed by atoms with Crippen molar-refractivity contribution in [2.75, 3.05) is 13.1 Å². The van der Waals surface area contributed by atoms with E-state index in [1.807, 2.05) is 19.1 Å². The molecule has 16 heavy (non-hydrogen) atoms. The second kappa shape index (κ2) is 4.85. The Bertz CT molecular complexity index is 400. The van der Waals surface area contributed by atoms with E-state index >= 15 is 0 Å². The summed E-state index contributed by atoms with van der Waals surface area (Å²) in [4.78, 5) is 11.9. The monoisotopic (exact) mass is 238 g/mol. The van der Waals surface area contributed by atoms with Crippen LogP contribution in [0.5, 0.6) is 0 Å². The Morgan fingerprint density at radius 3 is 3.00 bits per heavy atom. The summed E-state index contributed by atoms with van der Waals surface area (Å²) in [5.74, 6) is -0.0845. The first-order chi connectivity index (χ1) is 7.66. The number of carbonyl (C=O) groups is 1. The van der Waals surface area contributed by atoms with Gasteiger partial charge in [0.05, 0.1) is 10.6 Å². The van der Waals surface area contributed by atoms with Crippen molar-refractivity contribution in [1.29, 1.82) is 0 Å². The molecule has 1 atom stereocenters. The van der Waals surface area contributed by atoms with Crippen LogP contribution < -0.4 is 10.6 Å². The number of hydrogen-bond donors (Lipinski definition) is 2. The van der Waals surface area contributed by atoms with E-state index in [1.54, 1.807) is 6.07 Å². The number of halogens is 1. The summed E-state index contributed by atoms with van der Waals surface area (Å²) in [6.07, 6.45) is 0.981. The highest BCUT2D eigenvalue weighted by Crippen LogP contribution is 2.17. The SMILES string of the molecule is Cc1ccc(C(=O)N[C@@H]2CCNC2)c(Cl)c1. The minimum atomic E-state index is -0.0845. The quantitative estimate of drug-likeness (QED) is 0.824. The number of aryl methyl sites for hydroxylation is 1. The number of amides is 1. The number of carbonyl (C=O) groups excluding carboxylic acids is 1. The van der Waals surface area contributed by atoms with Gasteiger partial charge < -0.3 is 10.6 Å². The van der Waals surface area contributed by atoms with Crippen LogP contribution in [-0.4, -0.2) is 25.0 Å². The fraction of sp³-hybridized carbons (Fsp3) is 0.417. The highest BCUT2D eigenvalue weighted by Gasteiger charge is 2.18. The normalized spacial score (nSPS) is 19.8. The van der Waals surface area contributed by atoms with Crippen LogP contribution in [0.1, 0.15) is 22.3 Å². The van der Waals surface area contributed by atoms with E-state index in [0.717, 1.165) is 25.1 Å². The summed E-state index contributed by atoms with van der Waals surface area (Å²) in [7, 11) is 0. The van der Waals surface area contributed by atoms with Crippen LogP contribution in [0.3, 0.4) is 0 Å². The zero-order chi connectivity index (χ0) is 11.5. The Kier molecular flexibility index (Phi) is 3.46. The second-order valence-electron chi connectivity index (χ2n) is 4.15. The minimum Gasteiger partial charge on any atom is -0.348 e. The average molecular weight is 239 g/mol. The lowest BCUT2D eigenvalue weighted by atomic mass is 10.1. The van der Waals surface area contributed by atoms with Crippen LogP contribution in [-0.2, 0) is 0 Å². The molecule has 1 aromatic carbocycles. The molecule has 2 rings (SSSR count). The van der Waals surface area contributed by atoms with Crippen molar-refractivity contribution in [1.82, 2.24) is 10.6 Å². The molecule has 0 unspecified atom stereocenters. The van der Waals surface area contributed by atoms with Crippen molar-refractivity contribution in [2.45, 2.75) is 19.4 Å². The average Bonchev–Trinajstić information content (AvgIpc) is 2.70. The smallest absolute Gasteiger partial charge is 0.253 e. The van der Waals surface area contributed by atoms with Crippen molar-refractivity contribution in [3.8, 4) is 0 Å². The zero-order valence-electron chi connectivity index (χ0n) is 9.22. The van der Waals surface area contributed by atoms with Gasteiger partial charge >= 0.3 is 0 Å². The summed E-state index contributed by atoms with van der Waals surface area (Å²) < 4.78 is 0. The molecule has 1 heterocycles. The molecular formula is C12H15ClN2O. The molecule has 1 amide bonds. The first kappa shape index (κ1) is 11.4. The molecule has 1 aliphatic heterocycles. The van der Waals surface area contributed by atoms with E-state index in [-0.39, 0.29) is 11.9 Å². The standard InChI is InChI=1S/C12H15ClN2O/c1-8-2-3-10(11(13)6-8)12(16)15-9-4-5-14-7-9/h2-3,6,9,14H,4-5,7H2,1H3,(H,15,16)/t9-/m1/s1. The van der Waals surface area contributed by atoms with Crippen LogP contribution >= 0.6 is 11.6 Å². The van der Waals surface area contributed by atoms with Crippen molar-refractivity contribution in [2.24, 2.45) is 0 Å². The van der Waals surface area contributed by atoms with E-state index < -0.39 is 0 Å². The van der Waals surface area contributed by atoms with Gasteiger partial charge in [-0.05, 0) is 37.6 Å². The molecule has 0 radical (unpaired) electrons. The van der Waals surface area contributed by atoms with Crippen LogP contribution in [0.15, 0.2) is 18.2 Å². The van der Waals surface area contributed by atoms with Gasteiger partial charge in [0.1, 0.15) is 0 Å². The molecule has 0 aliphatic carbocycles. The number of hydrogen-bond acceptors (Lipinski definition) is 2. The predicted octanol–water partition coefficient (Wildman–Crippen LogP) is 1.74. The topological polar surface area (TPSA) is 41.1 Å². The summed E-state index contributed by atoms with van der Waals surface area (Å²) in [5.41, 5.74) is 1.61. The van der Waals surface area contributed by atoms with Crippen molar-refractivity contribution >= 4 is 17.5 Å². The third-order valence-electron chi connectivity index (χ3n) is 2.76. The summed E-state index contributed by atoms with van der Waals surface area (Å²) >= 11 is 6.03. The van der Waals surface area contributed by atoms with Crippen LogP contribution in [0.25, 0.3) is 0 Å². The van der Waals surface area contributed by atoms with Gasteiger partial charge in [0.15, 0.2) is 0 Å². The first-order valence-electron chi connectivity index (χ1n) is 5.44. The van der Waals surface area contributed by atoms with E-state index in [1.165, 1.54) is 0 Å². The summed E-state index contributed by atoms with van der Waals surface area (Å²) in [5, 5.41) is 6.69. The maximum absolute atomic E-state index is 11.9. The van der Waals surface area contributed by atoms with Gasteiger partial charge in [-0.25, -0.2) is 0 Å². The largest absolute Gasteiger partial charge is 0.348 e. The molecule has 0 saturated carbocycles. The van der Waals surface area contributed by atoms with E-state index in [9.17, 15) is 4.79 Å². The molecule has 1 aliphatic rings. The van der Waals surface area contributed by atoms with Gasteiger partial charge in [-0.2, -0.15) is 0 Å². The Morgan fingerprint density at radius 1 is 1.56 bits per heavy atom. The Labute approximate surface area is 100 Å². The van der Waals surface area contributed by atoms with Crippen LogP contribution in [0.2, 0.25) is 5.02 Å². The van der Waals surface area contributed by atoms with Crippen LogP contribution in [0.4, 0.5) is 0 Å². The van der Waals surface area contributed by atoms with E-state index in [2.05, 4.69) is 10.6 Å². The maximum atomic E-state index is 11.9. The fourth-order valence-electron chi connectivity index (χ4n) is 1.85. The van der Waals surface area contributed by atoms with Gasteiger partial charge in [0.25, 0.3) is 5.91 Å². The highest BCUT2D eigenvalue weighted by molar-refractivity contribution is 6.33. The van der Waals surface area contributed by atoms with Gasteiger partial charge in [-0.3, -0.25) is 4.79 Å². The summed E-state index contributed by atoms with van der Waals surface area (Å²) in [6.45, 7) is 3.76. The number of rotatable bonds is 2. The van der Waals surface area contributed by atoms with Gasteiger partial charge in [0, 0.05) is 12.6 Å². The van der Waals surface area contributed by atoms with Crippen LogP contribution in [0, 0.1) is 6.92 Å². The number of benzene rings is 1. The van der Waals surface area contributed by atoms with Crippen molar-refractivity contribution < 1.29 is 4.79 Å². The van der Waals surface area contributed by atoms with Crippen molar-refractivity contribution in [3.05, 3.63) is 34.3 Å². The molecule has 0 bridgehead atoms. The van der Waals surface area contributed by atoms with Gasteiger partial charge in [-0.1, -0.05) is 17.7 Å². The zero-order valence-corrected chi connectivity index (χ0v) is 9.97. The molecule has 1 aromatic rings. The van der Waals surface area contributed by atoms with Gasteiger partial charge in [0.2, 0.25) is 0 Å². The lowest BCUT2D eigenvalue weighted by Crippen LogP contribution is -2.36. The molecule has 3 nitrogen and oxygen atoms in total. The predicted molar refractivity (Wildman–Crippen MR) is 64.9 cm³/mol. The molecule has 0 aromatic heterocycles. The maximum Gasteiger partial charge on any atom is 0.253 e. The van der Waals surface area contributed by atoms with E-state index in [0.29, 0.717) is 10.6 Å². The Balaban J connectivity index is 2.08. The molecule has 1 saturated heterocycles. The lowest BCUT2D eigenvalue weighted by molar-refractivity contribution is 0.0940. The minimum absolute atomic E-state index is 0.0845. The molecular weight excluding hydrogens is 224 g/mol. The third-order valence-corrected chi connectivity index (χ3v) is 3.08. The highest BCUT2D eigenvalue weighted by atomic mass is 35.5. The molecule has 4 heteroatoms. The molecule has 0 spiro atoms. The Morgan fingerprint density at radius 2 is 2.38 bits per heavy atom. The van der Waals surface area contributed by atoms with Gasteiger partial charge in [-0.15, -0.1) is 0 Å². The third kappa shape index (κ3) is 2.54. The second-order valence-corrected chi connectivity index (χ2v) is 4.55. The molecule has 2 N–H and O–H groups in total. The molecule has 1 fully saturated rings. The Hall–Kier alpha value is -1.06. The van der Waals surface area contributed by atoms with Crippen molar-refractivity contribution in [3.63, 3.8) is 0 Å². The summed E-state index contributed by atoms with van der Waals surface area (Å²) in [6, 6.07) is 5.71. The fourth-order valence-corrected chi connectivity index (χ4v) is 2.17.